The van der Waals surface area contributed by atoms with E-state index in [1.807, 2.05) is 12.1 Å². The van der Waals surface area contributed by atoms with Gasteiger partial charge in [-0.1, -0.05) is 18.5 Å². The summed E-state index contributed by atoms with van der Waals surface area (Å²) in [6, 6.07) is 5.86. The Balaban J connectivity index is 2.40. The average Bonchev–Trinajstić information content (AvgIpc) is 2.38. The molecule has 1 fully saturated rings. The second-order valence-corrected chi connectivity index (χ2v) is 5.37. The SMILES string of the molecule is CCC1COC(C)CN1c1ccc(Cl)cc1C(=N)N. The van der Waals surface area contributed by atoms with E-state index in [-0.39, 0.29) is 11.9 Å². The highest BCUT2D eigenvalue weighted by atomic mass is 35.5. The first-order valence-electron chi connectivity index (χ1n) is 6.55. The molecule has 19 heavy (non-hydrogen) atoms. The number of hydrogen-bond acceptors (Lipinski definition) is 3. The van der Waals surface area contributed by atoms with Crippen LogP contribution in [0, 0.1) is 5.41 Å². The number of halogens is 1. The highest BCUT2D eigenvalue weighted by Crippen LogP contribution is 2.29. The lowest BCUT2D eigenvalue weighted by Gasteiger charge is -2.40. The maximum Gasteiger partial charge on any atom is 0.124 e. The highest BCUT2D eigenvalue weighted by molar-refractivity contribution is 6.31. The monoisotopic (exact) mass is 281 g/mol. The summed E-state index contributed by atoms with van der Waals surface area (Å²) >= 11 is 6.00. The molecule has 0 bridgehead atoms. The lowest BCUT2D eigenvalue weighted by Crippen LogP contribution is -2.49. The summed E-state index contributed by atoms with van der Waals surface area (Å²) in [4.78, 5) is 2.28. The van der Waals surface area contributed by atoms with Crippen LogP contribution in [-0.2, 0) is 4.74 Å². The van der Waals surface area contributed by atoms with Gasteiger partial charge in [0, 0.05) is 22.8 Å². The second-order valence-electron chi connectivity index (χ2n) is 4.93. The topological polar surface area (TPSA) is 62.3 Å². The van der Waals surface area contributed by atoms with E-state index >= 15 is 0 Å². The molecule has 0 amide bonds. The molecule has 2 rings (SSSR count). The number of nitrogens with zero attached hydrogens (tertiary/aromatic N) is 1. The summed E-state index contributed by atoms with van der Waals surface area (Å²) in [6.07, 6.45) is 1.17. The van der Waals surface area contributed by atoms with Crippen LogP contribution in [0.25, 0.3) is 0 Å². The molecule has 1 aliphatic rings. The van der Waals surface area contributed by atoms with E-state index in [4.69, 9.17) is 27.5 Å². The van der Waals surface area contributed by atoms with Crippen molar-refractivity contribution in [1.82, 2.24) is 0 Å². The highest BCUT2D eigenvalue weighted by Gasteiger charge is 2.27. The summed E-state index contributed by atoms with van der Waals surface area (Å²) in [5, 5.41) is 8.33. The van der Waals surface area contributed by atoms with Crippen molar-refractivity contribution in [3.63, 3.8) is 0 Å². The molecule has 4 nitrogen and oxygen atoms in total. The molecule has 104 valence electrons. The Morgan fingerprint density at radius 3 is 2.95 bits per heavy atom. The minimum absolute atomic E-state index is 0.0477. The minimum atomic E-state index is 0.0477. The fourth-order valence-electron chi connectivity index (χ4n) is 2.45. The van der Waals surface area contributed by atoms with Gasteiger partial charge in [0.15, 0.2) is 0 Å². The third kappa shape index (κ3) is 3.01. The van der Waals surface area contributed by atoms with Crippen LogP contribution in [0.3, 0.4) is 0 Å². The van der Waals surface area contributed by atoms with Crippen molar-refractivity contribution in [3.8, 4) is 0 Å². The fourth-order valence-corrected chi connectivity index (χ4v) is 2.62. The Morgan fingerprint density at radius 2 is 2.32 bits per heavy atom. The van der Waals surface area contributed by atoms with Gasteiger partial charge in [-0.3, -0.25) is 5.41 Å². The number of morpholine rings is 1. The number of anilines is 1. The summed E-state index contributed by atoms with van der Waals surface area (Å²) in [7, 11) is 0. The number of nitrogens with one attached hydrogen (secondary N) is 1. The van der Waals surface area contributed by atoms with Gasteiger partial charge in [-0.25, -0.2) is 0 Å². The lowest BCUT2D eigenvalue weighted by molar-refractivity contribution is 0.0299. The molecule has 0 radical (unpaired) electrons. The van der Waals surface area contributed by atoms with Crippen molar-refractivity contribution in [2.24, 2.45) is 5.73 Å². The molecule has 0 aliphatic carbocycles. The molecule has 5 heteroatoms. The molecule has 1 aliphatic heterocycles. The van der Waals surface area contributed by atoms with Crippen LogP contribution in [0.1, 0.15) is 25.8 Å². The first kappa shape index (κ1) is 14.2. The zero-order valence-electron chi connectivity index (χ0n) is 11.3. The predicted molar refractivity (Wildman–Crippen MR) is 79.3 cm³/mol. The van der Waals surface area contributed by atoms with Gasteiger partial charge in [-0.15, -0.1) is 0 Å². The van der Waals surface area contributed by atoms with Crippen molar-refractivity contribution in [2.45, 2.75) is 32.4 Å². The molecule has 0 saturated carbocycles. The number of hydrogen-bond donors (Lipinski definition) is 2. The van der Waals surface area contributed by atoms with Crippen molar-refractivity contribution >= 4 is 23.1 Å². The molecule has 1 saturated heterocycles. The van der Waals surface area contributed by atoms with Crippen LogP contribution in [-0.4, -0.2) is 31.1 Å². The fraction of sp³-hybridized carbons (Fsp3) is 0.500. The van der Waals surface area contributed by atoms with Crippen LogP contribution >= 0.6 is 11.6 Å². The Hall–Kier alpha value is -1.26. The average molecular weight is 282 g/mol. The largest absolute Gasteiger partial charge is 0.384 e. The zero-order valence-corrected chi connectivity index (χ0v) is 12.1. The van der Waals surface area contributed by atoms with E-state index < -0.39 is 0 Å². The normalized spacial score (nSPS) is 23.4. The molecule has 2 atom stereocenters. The number of benzene rings is 1. The van der Waals surface area contributed by atoms with E-state index in [1.165, 1.54) is 0 Å². The first-order chi connectivity index (χ1) is 9.02. The zero-order chi connectivity index (χ0) is 14.0. The van der Waals surface area contributed by atoms with E-state index in [9.17, 15) is 0 Å². The van der Waals surface area contributed by atoms with Gasteiger partial charge >= 0.3 is 0 Å². The Kier molecular flexibility index (Phi) is 4.32. The molecule has 2 unspecified atom stereocenters. The van der Waals surface area contributed by atoms with Crippen LogP contribution in [0.5, 0.6) is 0 Å². The smallest absolute Gasteiger partial charge is 0.124 e. The van der Waals surface area contributed by atoms with E-state index in [1.54, 1.807) is 6.07 Å². The van der Waals surface area contributed by atoms with Crippen LogP contribution in [0.15, 0.2) is 18.2 Å². The predicted octanol–water partition coefficient (Wildman–Crippen LogP) is 2.63. The van der Waals surface area contributed by atoms with Crippen LogP contribution in [0.2, 0.25) is 5.02 Å². The minimum Gasteiger partial charge on any atom is -0.384 e. The molecule has 1 heterocycles. The van der Waals surface area contributed by atoms with Crippen molar-refractivity contribution in [1.29, 1.82) is 5.41 Å². The van der Waals surface area contributed by atoms with Gasteiger partial charge in [-0.2, -0.15) is 0 Å². The molecule has 0 aromatic heterocycles. The van der Waals surface area contributed by atoms with Gasteiger partial charge in [0.1, 0.15) is 5.84 Å². The molecular weight excluding hydrogens is 262 g/mol. The Bertz CT molecular complexity index is 478. The van der Waals surface area contributed by atoms with Gasteiger partial charge in [0.2, 0.25) is 0 Å². The van der Waals surface area contributed by atoms with Crippen molar-refractivity contribution in [3.05, 3.63) is 28.8 Å². The van der Waals surface area contributed by atoms with Crippen molar-refractivity contribution < 1.29 is 4.74 Å². The number of nitrogens with two attached hydrogens (primary N) is 1. The number of ether oxygens (including phenoxy) is 1. The summed E-state index contributed by atoms with van der Waals surface area (Å²) in [5.74, 6) is 0.0477. The van der Waals surface area contributed by atoms with E-state index in [0.29, 0.717) is 23.2 Å². The van der Waals surface area contributed by atoms with Gasteiger partial charge in [0.05, 0.1) is 18.8 Å². The quantitative estimate of drug-likeness (QED) is 0.661. The molecular formula is C14H20ClN3O. The molecule has 1 aromatic carbocycles. The maximum atomic E-state index is 7.73. The Labute approximate surface area is 119 Å². The Morgan fingerprint density at radius 1 is 1.58 bits per heavy atom. The van der Waals surface area contributed by atoms with Gasteiger partial charge in [-0.05, 0) is 31.5 Å². The third-order valence-corrected chi connectivity index (χ3v) is 3.73. The number of nitrogen functional groups attached to an aromatic ring is 1. The number of rotatable bonds is 3. The molecule has 1 aromatic rings. The van der Waals surface area contributed by atoms with Crippen LogP contribution in [0.4, 0.5) is 5.69 Å². The van der Waals surface area contributed by atoms with Gasteiger partial charge in [0.25, 0.3) is 0 Å². The summed E-state index contributed by atoms with van der Waals surface area (Å²) in [5.41, 5.74) is 7.34. The summed E-state index contributed by atoms with van der Waals surface area (Å²) < 4.78 is 5.70. The maximum absolute atomic E-state index is 7.73. The lowest BCUT2D eigenvalue weighted by atomic mass is 10.1. The van der Waals surface area contributed by atoms with E-state index in [0.717, 1.165) is 18.7 Å². The summed E-state index contributed by atoms with van der Waals surface area (Å²) in [6.45, 7) is 5.71. The standard InChI is InChI=1S/C14H20ClN3O/c1-3-11-8-19-9(2)7-18(11)13-5-4-10(15)6-12(13)14(16)17/h4-6,9,11H,3,7-8H2,1-2H3,(H3,16,17). The van der Waals surface area contributed by atoms with Gasteiger partial charge < -0.3 is 15.4 Å². The first-order valence-corrected chi connectivity index (χ1v) is 6.93. The second kappa shape index (κ2) is 5.80. The van der Waals surface area contributed by atoms with Crippen LogP contribution < -0.4 is 10.6 Å². The van der Waals surface area contributed by atoms with E-state index in [2.05, 4.69) is 18.7 Å². The number of amidine groups is 1. The molecule has 3 N–H and O–H groups in total. The molecule has 0 spiro atoms. The van der Waals surface area contributed by atoms with Crippen molar-refractivity contribution in [2.75, 3.05) is 18.1 Å². The third-order valence-electron chi connectivity index (χ3n) is 3.50.